The van der Waals surface area contributed by atoms with Gasteiger partial charge in [0.15, 0.2) is 0 Å². The monoisotopic (exact) mass is 556 g/mol. The van der Waals surface area contributed by atoms with Crippen LogP contribution < -0.4 is 10.5 Å². The van der Waals surface area contributed by atoms with E-state index in [4.69, 9.17) is 20.3 Å². The first-order chi connectivity index (χ1) is 19.8. The molecule has 2 aromatic heterocycles. The summed E-state index contributed by atoms with van der Waals surface area (Å²) in [5.41, 5.74) is 10.1. The molecule has 0 aliphatic heterocycles. The van der Waals surface area contributed by atoms with Crippen LogP contribution in [0.2, 0.25) is 0 Å². The molecule has 0 bridgehead atoms. The number of halogens is 2. The molecule has 1 saturated carbocycles. The Balaban J connectivity index is 1.38. The number of ether oxygens (including phenoxy) is 2. The van der Waals surface area contributed by atoms with Gasteiger partial charge in [-0.1, -0.05) is 36.4 Å². The molecular weight excluding hydrogens is 526 g/mol. The number of nitrogens with two attached hydrogens (primary N) is 1. The molecule has 2 heterocycles. The van der Waals surface area contributed by atoms with Gasteiger partial charge in [0.25, 0.3) is 0 Å². The highest BCUT2D eigenvalue weighted by atomic mass is 19.3. The highest BCUT2D eigenvalue weighted by Gasteiger charge is 2.41. The van der Waals surface area contributed by atoms with Crippen LogP contribution >= 0.6 is 0 Å². The second-order valence-corrected chi connectivity index (χ2v) is 10.4. The first-order valence-corrected chi connectivity index (χ1v) is 13.7. The van der Waals surface area contributed by atoms with Crippen LogP contribution in [0.1, 0.15) is 43.5 Å². The zero-order chi connectivity index (χ0) is 28.6. The molecule has 0 spiro atoms. The normalized spacial score (nSPS) is 16.3. The maximum Gasteiger partial charge on any atom is 0.310 e. The van der Waals surface area contributed by atoms with Gasteiger partial charge in [-0.2, -0.15) is 5.10 Å². The molecule has 0 amide bonds. The van der Waals surface area contributed by atoms with E-state index < -0.39 is 12.0 Å². The van der Waals surface area contributed by atoms with Gasteiger partial charge in [0, 0.05) is 35.4 Å². The van der Waals surface area contributed by atoms with Crippen molar-refractivity contribution in [3.8, 4) is 16.9 Å². The van der Waals surface area contributed by atoms with E-state index in [-0.39, 0.29) is 31.8 Å². The lowest BCUT2D eigenvalue weighted by atomic mass is 10.00. The van der Waals surface area contributed by atoms with Crippen molar-refractivity contribution in [1.29, 1.82) is 0 Å². The fourth-order valence-corrected chi connectivity index (χ4v) is 5.58. The number of alkyl halides is 2. The van der Waals surface area contributed by atoms with Crippen LogP contribution in [0, 0.1) is 0 Å². The van der Waals surface area contributed by atoms with E-state index in [9.17, 15) is 13.6 Å². The van der Waals surface area contributed by atoms with E-state index in [1.165, 1.54) is 0 Å². The Hall–Kier alpha value is -4.53. The van der Waals surface area contributed by atoms with E-state index in [2.05, 4.69) is 4.98 Å². The Kier molecular flexibility index (Phi) is 7.03. The van der Waals surface area contributed by atoms with Gasteiger partial charge in [0.05, 0.1) is 24.6 Å². The van der Waals surface area contributed by atoms with Gasteiger partial charge in [-0.3, -0.25) is 9.48 Å². The Morgan fingerprint density at radius 3 is 2.63 bits per heavy atom. The molecule has 3 aromatic carbocycles. The number of carbonyl (C=O) groups excluding carboxylic acids is 1. The number of aromatic nitrogens is 3. The highest BCUT2D eigenvalue weighted by molar-refractivity contribution is 5.95. The number of benzene rings is 3. The van der Waals surface area contributed by atoms with Crippen LogP contribution in [0.4, 0.5) is 14.6 Å². The quantitative estimate of drug-likeness (QED) is 0.210. The lowest BCUT2D eigenvalue weighted by Crippen LogP contribution is -2.13. The molecule has 9 heteroatoms. The minimum absolute atomic E-state index is 0.0838. The summed E-state index contributed by atoms with van der Waals surface area (Å²) in [5, 5.41) is 7.48. The van der Waals surface area contributed by atoms with Gasteiger partial charge in [-0.15, -0.1) is 0 Å². The molecule has 0 radical (unpaired) electrons. The molecule has 0 saturated heterocycles. The molecule has 1 aliphatic carbocycles. The number of hydrogen-bond donors (Lipinski definition) is 1. The maximum atomic E-state index is 14.2. The third-order valence-electron chi connectivity index (χ3n) is 7.61. The molecule has 7 nitrogen and oxygen atoms in total. The number of nitrogens with zero attached hydrogens (tertiary/aromatic N) is 3. The van der Waals surface area contributed by atoms with Crippen molar-refractivity contribution < 1.29 is 23.0 Å². The number of fused-ring (bicyclic) bond motifs is 2. The molecule has 1 aliphatic rings. The molecular formula is C32H30F2N4O3. The number of para-hydroxylation sites is 1. The van der Waals surface area contributed by atoms with E-state index in [1.54, 1.807) is 23.9 Å². The van der Waals surface area contributed by atoms with Gasteiger partial charge in [-0.25, -0.2) is 13.8 Å². The first kappa shape index (κ1) is 26.7. The number of esters is 1. The lowest BCUT2D eigenvalue weighted by Gasteiger charge is -2.13. The first-order valence-electron chi connectivity index (χ1n) is 13.7. The molecule has 210 valence electrons. The predicted octanol–water partition coefficient (Wildman–Crippen LogP) is 6.88. The molecule has 6 rings (SSSR count). The van der Waals surface area contributed by atoms with Gasteiger partial charge in [0.2, 0.25) is 5.92 Å². The smallest absolute Gasteiger partial charge is 0.310 e. The Morgan fingerprint density at radius 1 is 1.07 bits per heavy atom. The largest absolute Gasteiger partial charge is 0.487 e. The van der Waals surface area contributed by atoms with Crippen LogP contribution in [0.25, 0.3) is 32.8 Å². The molecule has 1 unspecified atom stereocenters. The molecule has 2 N–H and O–H groups in total. The van der Waals surface area contributed by atoms with Gasteiger partial charge >= 0.3 is 5.97 Å². The van der Waals surface area contributed by atoms with Crippen molar-refractivity contribution in [2.75, 3.05) is 12.3 Å². The Bertz CT molecular complexity index is 1750. The Labute approximate surface area is 235 Å². The number of hydrogen-bond acceptors (Lipinski definition) is 6. The van der Waals surface area contributed by atoms with Crippen molar-refractivity contribution in [1.82, 2.24) is 14.8 Å². The summed E-state index contributed by atoms with van der Waals surface area (Å²) in [7, 11) is 0. The number of carbonyl (C=O) groups is 1. The number of nitrogen functional groups attached to an aromatic ring is 1. The summed E-state index contributed by atoms with van der Waals surface area (Å²) in [6, 6.07) is 20.7. The third-order valence-corrected chi connectivity index (χ3v) is 7.61. The van der Waals surface area contributed by atoms with Gasteiger partial charge < -0.3 is 15.2 Å². The highest BCUT2D eigenvalue weighted by Crippen LogP contribution is 2.43. The lowest BCUT2D eigenvalue weighted by molar-refractivity contribution is -0.142. The molecule has 5 aromatic rings. The number of anilines is 1. The maximum absolute atomic E-state index is 14.2. The number of rotatable bonds is 8. The minimum atomic E-state index is -2.70. The summed E-state index contributed by atoms with van der Waals surface area (Å²) >= 11 is 0. The SMILES string of the molecule is CCOC(=O)Cc1ccccc1OCc1nn(C2CCC(F)(F)C2)c2ccc(-c3ccc4ccnc(N)c4c3)cc12. The third kappa shape index (κ3) is 5.44. The second-order valence-electron chi connectivity index (χ2n) is 10.4. The average Bonchev–Trinajstić information content (AvgIpc) is 3.51. The summed E-state index contributed by atoms with van der Waals surface area (Å²) in [4.78, 5) is 16.3. The van der Waals surface area contributed by atoms with Crippen LogP contribution in [0.5, 0.6) is 5.75 Å². The van der Waals surface area contributed by atoms with E-state index in [1.807, 2.05) is 60.7 Å². The zero-order valence-electron chi connectivity index (χ0n) is 22.6. The van der Waals surface area contributed by atoms with Crippen LogP contribution in [0.15, 0.2) is 72.9 Å². The molecule has 1 atom stereocenters. The summed E-state index contributed by atoms with van der Waals surface area (Å²) in [6.45, 7) is 2.17. The van der Waals surface area contributed by atoms with Crippen LogP contribution in [-0.2, 0) is 22.6 Å². The van der Waals surface area contributed by atoms with Crippen LogP contribution in [-0.4, -0.2) is 33.3 Å². The fourth-order valence-electron chi connectivity index (χ4n) is 5.58. The fraction of sp³-hybridized carbons (Fsp3) is 0.281. The van der Waals surface area contributed by atoms with Crippen LogP contribution in [0.3, 0.4) is 0 Å². The van der Waals surface area contributed by atoms with Crippen molar-refractivity contribution in [3.63, 3.8) is 0 Å². The van der Waals surface area contributed by atoms with Crippen molar-refractivity contribution in [2.24, 2.45) is 0 Å². The second kappa shape index (κ2) is 10.8. The zero-order valence-corrected chi connectivity index (χ0v) is 22.6. The van der Waals surface area contributed by atoms with Crippen molar-refractivity contribution >= 4 is 33.5 Å². The average molecular weight is 557 g/mol. The molecule has 1 fully saturated rings. The summed E-state index contributed by atoms with van der Waals surface area (Å²) in [5.74, 6) is -2.04. The van der Waals surface area contributed by atoms with E-state index in [0.717, 1.165) is 32.8 Å². The van der Waals surface area contributed by atoms with E-state index in [0.29, 0.717) is 35.9 Å². The Morgan fingerprint density at radius 2 is 1.85 bits per heavy atom. The predicted molar refractivity (Wildman–Crippen MR) is 154 cm³/mol. The topological polar surface area (TPSA) is 92.3 Å². The van der Waals surface area contributed by atoms with Crippen molar-refractivity contribution in [3.05, 3.63) is 84.2 Å². The standard InChI is InChI=1S/C32H30F2N4O3/c1-2-40-30(39)17-23-5-3-4-6-29(23)41-19-27-26-16-22(21-8-7-20-12-14-36-31(35)25(20)15-21)9-10-28(26)38(37-27)24-11-13-32(33,34)18-24/h3-10,12,14-16,24H,2,11,13,17-19H2,1H3,(H2,35,36). The van der Waals surface area contributed by atoms with Gasteiger partial charge in [0.1, 0.15) is 23.9 Å². The molecule has 41 heavy (non-hydrogen) atoms. The minimum Gasteiger partial charge on any atom is -0.487 e. The van der Waals surface area contributed by atoms with Gasteiger partial charge in [-0.05, 0) is 60.2 Å². The van der Waals surface area contributed by atoms with Crippen molar-refractivity contribution in [2.45, 2.75) is 51.2 Å². The van der Waals surface area contributed by atoms with E-state index >= 15 is 0 Å². The summed E-state index contributed by atoms with van der Waals surface area (Å²) in [6.07, 6.45) is 1.72. The number of pyridine rings is 1. The summed E-state index contributed by atoms with van der Waals surface area (Å²) < 4.78 is 41.4.